The Bertz CT molecular complexity index is 892. The van der Waals surface area contributed by atoms with Crippen molar-refractivity contribution in [2.45, 2.75) is 26.1 Å². The van der Waals surface area contributed by atoms with Gasteiger partial charge in [0.2, 0.25) is 0 Å². The van der Waals surface area contributed by atoms with Crippen LogP contribution in [-0.4, -0.2) is 23.2 Å². The number of hydrogen-bond acceptors (Lipinski definition) is 4. The Kier molecular flexibility index (Phi) is 9.25. The van der Waals surface area contributed by atoms with E-state index in [2.05, 4.69) is 10.3 Å². The molecule has 0 unspecified atom stereocenters. The lowest BCUT2D eigenvalue weighted by molar-refractivity contribution is 0.279. The lowest BCUT2D eigenvalue weighted by Crippen LogP contribution is -2.16. The molecule has 2 aromatic carbocycles. The van der Waals surface area contributed by atoms with Crippen LogP contribution < -0.4 is 14.8 Å². The van der Waals surface area contributed by atoms with E-state index in [9.17, 15) is 4.39 Å². The summed E-state index contributed by atoms with van der Waals surface area (Å²) in [5.74, 6) is 0.629. The van der Waals surface area contributed by atoms with Crippen LogP contribution in [0.4, 0.5) is 4.39 Å². The summed E-state index contributed by atoms with van der Waals surface area (Å²) in [6.07, 6.45) is 6.53. The van der Waals surface area contributed by atoms with Crippen molar-refractivity contribution in [2.24, 2.45) is 0 Å². The molecular weight excluding hydrogens is 416 g/mol. The van der Waals surface area contributed by atoms with Gasteiger partial charge in [-0.15, -0.1) is 12.4 Å². The van der Waals surface area contributed by atoms with Crippen LogP contribution in [0.15, 0.2) is 55.1 Å². The zero-order valence-electron chi connectivity index (χ0n) is 16.1. The minimum absolute atomic E-state index is 0. The molecule has 3 rings (SSSR count). The molecule has 5 nitrogen and oxygen atoms in total. The van der Waals surface area contributed by atoms with Crippen molar-refractivity contribution in [1.82, 2.24) is 14.9 Å². The predicted molar refractivity (Wildman–Crippen MR) is 115 cm³/mol. The zero-order chi connectivity index (χ0) is 19.8. The molecule has 3 aromatic rings. The van der Waals surface area contributed by atoms with E-state index in [1.165, 1.54) is 6.07 Å². The molecule has 156 valence electrons. The predicted octanol–water partition coefficient (Wildman–Crippen LogP) is 4.86. The second kappa shape index (κ2) is 11.7. The van der Waals surface area contributed by atoms with Gasteiger partial charge in [-0.1, -0.05) is 29.8 Å². The van der Waals surface area contributed by atoms with E-state index in [-0.39, 0.29) is 24.8 Å². The van der Waals surface area contributed by atoms with Gasteiger partial charge in [-0.3, -0.25) is 0 Å². The first-order valence-corrected chi connectivity index (χ1v) is 9.44. The number of aryl methyl sites for hydroxylation is 1. The van der Waals surface area contributed by atoms with Crippen molar-refractivity contribution >= 4 is 24.0 Å². The van der Waals surface area contributed by atoms with E-state index >= 15 is 0 Å². The number of imidazole rings is 1. The molecule has 8 heteroatoms. The van der Waals surface area contributed by atoms with E-state index in [0.717, 1.165) is 25.1 Å². The molecular formula is C21H24Cl2FN3O2. The molecule has 0 saturated heterocycles. The van der Waals surface area contributed by atoms with Gasteiger partial charge in [-0.25, -0.2) is 9.37 Å². The monoisotopic (exact) mass is 439 g/mol. The van der Waals surface area contributed by atoms with E-state index in [1.54, 1.807) is 31.5 Å². The summed E-state index contributed by atoms with van der Waals surface area (Å²) in [5.41, 5.74) is 1.45. The maximum absolute atomic E-state index is 13.8. The molecule has 0 saturated carbocycles. The maximum Gasteiger partial charge on any atom is 0.180 e. The average Bonchev–Trinajstić information content (AvgIpc) is 3.21. The van der Waals surface area contributed by atoms with Gasteiger partial charge in [0.25, 0.3) is 0 Å². The number of rotatable bonds is 10. The van der Waals surface area contributed by atoms with Crippen LogP contribution in [0, 0.1) is 5.82 Å². The Morgan fingerprint density at radius 1 is 1.24 bits per heavy atom. The second-order valence-corrected chi connectivity index (χ2v) is 6.73. The number of halogens is 3. The Labute approximate surface area is 181 Å². The molecule has 0 radical (unpaired) electrons. The number of methoxy groups -OCH3 is 1. The molecule has 0 fully saturated rings. The fourth-order valence-electron chi connectivity index (χ4n) is 2.82. The average molecular weight is 440 g/mol. The van der Waals surface area contributed by atoms with Gasteiger partial charge in [0, 0.05) is 31.0 Å². The summed E-state index contributed by atoms with van der Waals surface area (Å²) in [5, 5.41) is 3.83. The zero-order valence-corrected chi connectivity index (χ0v) is 17.7. The largest absolute Gasteiger partial charge is 0.493 e. The highest BCUT2D eigenvalue weighted by Crippen LogP contribution is 2.37. The van der Waals surface area contributed by atoms with Crippen molar-refractivity contribution in [2.75, 3.05) is 13.7 Å². The van der Waals surface area contributed by atoms with Crippen LogP contribution in [0.1, 0.15) is 17.5 Å². The molecule has 0 aliphatic carbocycles. The molecule has 0 spiro atoms. The van der Waals surface area contributed by atoms with Crippen molar-refractivity contribution in [3.05, 3.63) is 77.1 Å². The van der Waals surface area contributed by atoms with Gasteiger partial charge < -0.3 is 19.4 Å². The number of benzene rings is 2. The first kappa shape index (κ1) is 23.0. The first-order valence-electron chi connectivity index (χ1n) is 9.06. The number of nitrogens with zero attached hydrogens (tertiary/aromatic N) is 2. The third kappa shape index (κ3) is 6.63. The van der Waals surface area contributed by atoms with E-state index < -0.39 is 0 Å². The quantitative estimate of drug-likeness (QED) is 0.458. The van der Waals surface area contributed by atoms with Crippen LogP contribution in [0.2, 0.25) is 5.02 Å². The lowest BCUT2D eigenvalue weighted by atomic mass is 10.2. The van der Waals surface area contributed by atoms with E-state index in [4.69, 9.17) is 21.1 Å². The van der Waals surface area contributed by atoms with Crippen LogP contribution in [-0.2, 0) is 19.7 Å². The molecule has 1 heterocycles. The normalized spacial score (nSPS) is 10.4. The molecule has 1 aromatic heterocycles. The number of aromatic nitrogens is 2. The van der Waals surface area contributed by atoms with Crippen molar-refractivity contribution in [3.8, 4) is 11.5 Å². The smallest absolute Gasteiger partial charge is 0.180 e. The first-order chi connectivity index (χ1) is 13.7. The molecule has 0 atom stereocenters. The fraction of sp³-hybridized carbons (Fsp3) is 0.286. The summed E-state index contributed by atoms with van der Waals surface area (Å²) >= 11 is 6.39. The van der Waals surface area contributed by atoms with Gasteiger partial charge in [0.15, 0.2) is 11.5 Å². The topological polar surface area (TPSA) is 48.3 Å². The molecule has 0 amide bonds. The number of nitrogens with one attached hydrogen (secondary N) is 1. The van der Waals surface area contributed by atoms with Crippen molar-refractivity contribution in [3.63, 3.8) is 0 Å². The van der Waals surface area contributed by atoms with Crippen LogP contribution in [0.5, 0.6) is 11.5 Å². The summed E-state index contributed by atoms with van der Waals surface area (Å²) in [7, 11) is 1.56. The van der Waals surface area contributed by atoms with Gasteiger partial charge in [0.05, 0.1) is 18.5 Å². The third-order valence-corrected chi connectivity index (χ3v) is 4.56. The molecule has 1 N–H and O–H groups in total. The Hall–Kier alpha value is -2.28. The summed E-state index contributed by atoms with van der Waals surface area (Å²) < 4.78 is 27.0. The standard InChI is InChI=1S/C21H23ClFN3O2.ClH/c1-27-20-12-16(13-24-7-4-9-26-10-8-25-15-26)11-18(22)21(20)28-14-17-5-2-3-6-19(17)23;/h2-3,5-6,8,10-12,15,24H,4,7,9,13-14H2,1H3;1H. The van der Waals surface area contributed by atoms with E-state index in [0.29, 0.717) is 28.6 Å². The minimum Gasteiger partial charge on any atom is -0.493 e. The Morgan fingerprint density at radius 3 is 2.79 bits per heavy atom. The Balaban J connectivity index is 0.00000300. The number of ether oxygens (including phenoxy) is 2. The van der Waals surface area contributed by atoms with Gasteiger partial charge >= 0.3 is 0 Å². The SMILES string of the molecule is COc1cc(CNCCCn2ccnc2)cc(Cl)c1OCc1ccccc1F.Cl. The van der Waals surface area contributed by atoms with Crippen LogP contribution in [0.3, 0.4) is 0 Å². The lowest BCUT2D eigenvalue weighted by Gasteiger charge is -2.15. The minimum atomic E-state index is -0.311. The van der Waals surface area contributed by atoms with Crippen molar-refractivity contribution in [1.29, 1.82) is 0 Å². The third-order valence-electron chi connectivity index (χ3n) is 4.28. The van der Waals surface area contributed by atoms with Gasteiger partial charge in [-0.2, -0.15) is 0 Å². The molecule has 0 aliphatic heterocycles. The number of hydrogen-bond donors (Lipinski definition) is 1. The Morgan fingerprint density at radius 2 is 2.07 bits per heavy atom. The molecule has 0 aliphatic rings. The van der Waals surface area contributed by atoms with Crippen LogP contribution in [0.25, 0.3) is 0 Å². The molecule has 0 bridgehead atoms. The highest BCUT2D eigenvalue weighted by molar-refractivity contribution is 6.32. The van der Waals surface area contributed by atoms with Crippen LogP contribution >= 0.6 is 24.0 Å². The summed E-state index contributed by atoms with van der Waals surface area (Å²) in [4.78, 5) is 4.03. The summed E-state index contributed by atoms with van der Waals surface area (Å²) in [6, 6.07) is 10.2. The van der Waals surface area contributed by atoms with E-state index in [1.807, 2.05) is 29.2 Å². The highest BCUT2D eigenvalue weighted by Gasteiger charge is 2.13. The highest BCUT2D eigenvalue weighted by atomic mass is 35.5. The van der Waals surface area contributed by atoms with Crippen molar-refractivity contribution < 1.29 is 13.9 Å². The molecule has 29 heavy (non-hydrogen) atoms. The van der Waals surface area contributed by atoms with Gasteiger partial charge in [-0.05, 0) is 36.7 Å². The van der Waals surface area contributed by atoms with Gasteiger partial charge in [0.1, 0.15) is 12.4 Å². The second-order valence-electron chi connectivity index (χ2n) is 6.32. The summed E-state index contributed by atoms with van der Waals surface area (Å²) in [6.45, 7) is 2.52. The maximum atomic E-state index is 13.8. The fourth-order valence-corrected chi connectivity index (χ4v) is 3.11.